The first-order valence-electron chi connectivity index (χ1n) is 29.6. The summed E-state index contributed by atoms with van der Waals surface area (Å²) in [5, 5.41) is 6.26. The van der Waals surface area contributed by atoms with Gasteiger partial charge in [-0.25, -0.2) is 0 Å². The van der Waals surface area contributed by atoms with E-state index in [0.717, 1.165) is 84.0 Å². The van der Waals surface area contributed by atoms with E-state index in [1.807, 2.05) is 0 Å². The number of furan rings is 1. The average molecular weight is 1080 g/mol. The van der Waals surface area contributed by atoms with Crippen molar-refractivity contribution in [3.05, 3.63) is 215 Å². The number of hydrogen-bond donors (Lipinski definition) is 1. The van der Waals surface area contributed by atoms with E-state index in [1.165, 1.54) is 55.5 Å². The predicted octanol–water partition coefficient (Wildman–Crippen LogP) is 20.7. The molecule has 1 aliphatic heterocycles. The Balaban J connectivity index is 1.14. The summed E-state index contributed by atoms with van der Waals surface area (Å²) in [5.41, 5.74) is 26.2. The average Bonchev–Trinajstić information content (AvgIpc) is 3.69. The highest BCUT2D eigenvalue weighted by molar-refractivity contribution is 6.73. The van der Waals surface area contributed by atoms with Gasteiger partial charge in [0, 0.05) is 72.8 Å². The molecule has 0 bridgehead atoms. The van der Waals surface area contributed by atoms with E-state index in [4.69, 9.17) is 4.42 Å². The fraction of sp³-hybridized carbons (Fsp3) is 0.299. The van der Waals surface area contributed by atoms with Gasteiger partial charge in [0.1, 0.15) is 11.2 Å². The zero-order valence-electron chi connectivity index (χ0n) is 51.6. The predicted molar refractivity (Wildman–Crippen MR) is 354 cm³/mol. The monoisotopic (exact) mass is 1070 g/mol. The van der Waals surface area contributed by atoms with Crippen LogP contribution in [-0.4, -0.2) is 7.28 Å². The molecule has 2 aliphatic rings. The summed E-state index contributed by atoms with van der Waals surface area (Å²) >= 11 is 0. The third kappa shape index (κ3) is 9.62. The van der Waals surface area contributed by atoms with Crippen LogP contribution in [-0.2, 0) is 32.5 Å². The third-order valence-corrected chi connectivity index (χ3v) is 17.7. The molecule has 0 amide bonds. The van der Waals surface area contributed by atoms with Crippen LogP contribution in [0.3, 0.4) is 0 Å². The summed E-state index contributed by atoms with van der Waals surface area (Å²) in [6.45, 7) is 39.2. The van der Waals surface area contributed by atoms with Gasteiger partial charge >= 0.3 is 0 Å². The molecule has 5 heteroatoms. The van der Waals surface area contributed by atoms with Gasteiger partial charge in [-0.3, -0.25) is 0 Å². The maximum absolute atomic E-state index is 7.29. The molecule has 1 aromatic heterocycles. The smallest absolute Gasteiger partial charge is 0.198 e. The normalized spacial score (nSPS) is 14.1. The van der Waals surface area contributed by atoms with E-state index >= 15 is 0 Å². The molecule has 1 N–H and O–H groups in total. The molecule has 4 nitrogen and oxygen atoms in total. The maximum atomic E-state index is 7.29. The van der Waals surface area contributed by atoms with E-state index in [0.29, 0.717) is 0 Å². The first-order valence-corrected chi connectivity index (χ1v) is 29.6. The Labute approximate surface area is 489 Å². The van der Waals surface area contributed by atoms with Crippen molar-refractivity contribution in [3.8, 4) is 22.3 Å². The second-order valence-corrected chi connectivity index (χ2v) is 29.1. The number of benzene rings is 9. The van der Waals surface area contributed by atoms with Gasteiger partial charge < -0.3 is 19.5 Å². The van der Waals surface area contributed by atoms with Crippen LogP contribution in [0.15, 0.2) is 180 Å². The second-order valence-electron chi connectivity index (χ2n) is 29.1. The number of para-hydroxylation sites is 1. The molecule has 0 fully saturated rings. The van der Waals surface area contributed by atoms with Crippen molar-refractivity contribution >= 4 is 85.6 Å². The molecule has 2 heterocycles. The van der Waals surface area contributed by atoms with Gasteiger partial charge in [0.15, 0.2) is 7.28 Å². The van der Waals surface area contributed by atoms with Crippen molar-refractivity contribution in [2.24, 2.45) is 0 Å². The number of anilines is 8. The Hall–Kier alpha value is -7.76. The Morgan fingerprint density at radius 1 is 0.439 bits per heavy atom. The van der Waals surface area contributed by atoms with Gasteiger partial charge in [0.2, 0.25) is 0 Å². The van der Waals surface area contributed by atoms with Gasteiger partial charge in [0.25, 0.3) is 0 Å². The van der Waals surface area contributed by atoms with Gasteiger partial charge in [0.05, 0.1) is 0 Å². The zero-order valence-corrected chi connectivity index (χ0v) is 51.6. The van der Waals surface area contributed by atoms with E-state index in [2.05, 4.69) is 316 Å². The highest BCUT2D eigenvalue weighted by Gasteiger charge is 2.39. The van der Waals surface area contributed by atoms with Crippen molar-refractivity contribution in [2.75, 3.05) is 15.1 Å². The maximum Gasteiger partial charge on any atom is 0.198 e. The zero-order chi connectivity index (χ0) is 58.2. The topological polar surface area (TPSA) is 31.7 Å². The van der Waals surface area contributed by atoms with Crippen molar-refractivity contribution in [1.82, 2.24) is 0 Å². The molecular weight excluding hydrogens is 994 g/mol. The fourth-order valence-corrected chi connectivity index (χ4v) is 12.6. The standard InChI is InChI=1S/C77H81BN3O/c1-72(2,3)47-22-31-52(32-23-47)79-65-46-63-59(58-43-56(39-40-62(58)77(63,16)17)80(53-33-24-48(25-34-53)73(4,5)6)54-35-26-49(27-36-54)74(7,8)9)44-61(65)69-70-67(45-60-57-20-18-19-21-68(57)82-71(60)69)81(55-37-28-50(29-38-55)75(10,11)12)66-41-30-51(76(13,14)15)42-64(66)78-70/h18-46,79H,1-17H3. The Kier molecular flexibility index (Phi) is 12.8. The molecule has 0 saturated heterocycles. The third-order valence-electron chi connectivity index (χ3n) is 17.7. The lowest BCUT2D eigenvalue weighted by molar-refractivity contribution is 0.590. The molecule has 0 atom stereocenters. The lowest BCUT2D eigenvalue weighted by Crippen LogP contribution is -2.41. The van der Waals surface area contributed by atoms with Crippen molar-refractivity contribution in [1.29, 1.82) is 0 Å². The Morgan fingerprint density at radius 3 is 1.50 bits per heavy atom. The van der Waals surface area contributed by atoms with E-state index in [-0.39, 0.29) is 32.5 Å². The molecule has 9 aromatic carbocycles. The van der Waals surface area contributed by atoms with Crippen LogP contribution in [0.1, 0.15) is 157 Å². The fourth-order valence-electron chi connectivity index (χ4n) is 12.6. The van der Waals surface area contributed by atoms with Crippen molar-refractivity contribution < 1.29 is 4.42 Å². The number of hydrogen-bond acceptors (Lipinski definition) is 4. The summed E-state index contributed by atoms with van der Waals surface area (Å²) in [6.07, 6.45) is 0. The Morgan fingerprint density at radius 2 is 0.939 bits per heavy atom. The number of rotatable bonds is 7. The molecular formula is C77H81BN3O. The molecule has 82 heavy (non-hydrogen) atoms. The van der Waals surface area contributed by atoms with Crippen LogP contribution in [0.5, 0.6) is 0 Å². The molecule has 1 aliphatic carbocycles. The number of nitrogens with zero attached hydrogens (tertiary/aromatic N) is 2. The first-order chi connectivity index (χ1) is 38.5. The lowest BCUT2D eigenvalue weighted by atomic mass is 9.57. The second kappa shape index (κ2) is 19.2. The summed E-state index contributed by atoms with van der Waals surface area (Å²) in [6, 6.07) is 66.9. The molecule has 0 unspecified atom stereocenters. The summed E-state index contributed by atoms with van der Waals surface area (Å²) in [4.78, 5) is 4.94. The van der Waals surface area contributed by atoms with Gasteiger partial charge in [-0.15, -0.1) is 0 Å². The quantitative estimate of drug-likeness (QED) is 0.161. The van der Waals surface area contributed by atoms with Crippen molar-refractivity contribution in [3.63, 3.8) is 0 Å². The Bertz CT molecular complexity index is 4050. The highest BCUT2D eigenvalue weighted by atomic mass is 16.3. The number of nitrogens with one attached hydrogen (secondary N) is 1. The minimum atomic E-state index is -0.322. The number of fused-ring (bicyclic) bond motifs is 8. The van der Waals surface area contributed by atoms with Crippen LogP contribution in [0.25, 0.3) is 44.2 Å². The summed E-state index contributed by atoms with van der Waals surface area (Å²) in [5.74, 6) is 0. The van der Waals surface area contributed by atoms with Crippen molar-refractivity contribution in [2.45, 2.75) is 150 Å². The molecule has 413 valence electrons. The highest BCUT2D eigenvalue weighted by Crippen LogP contribution is 2.55. The molecule has 10 aromatic rings. The summed E-state index contributed by atoms with van der Waals surface area (Å²) < 4.78 is 7.29. The van der Waals surface area contributed by atoms with Crippen LogP contribution in [0.2, 0.25) is 0 Å². The lowest BCUT2D eigenvalue weighted by Gasteiger charge is -2.36. The molecule has 0 saturated carbocycles. The van der Waals surface area contributed by atoms with E-state index in [9.17, 15) is 0 Å². The first kappa shape index (κ1) is 54.8. The van der Waals surface area contributed by atoms with Crippen LogP contribution >= 0.6 is 0 Å². The van der Waals surface area contributed by atoms with Gasteiger partial charge in [-0.1, -0.05) is 208 Å². The molecule has 0 spiro atoms. The largest absolute Gasteiger partial charge is 0.455 e. The van der Waals surface area contributed by atoms with Crippen LogP contribution in [0, 0.1) is 0 Å². The molecule has 1 radical (unpaired) electrons. The van der Waals surface area contributed by atoms with Gasteiger partial charge in [-0.05, 0) is 174 Å². The SMILES string of the molecule is CC(C)(C)c1ccc(Nc2cc3c(cc2-c2c4c(cc5c2oc2ccccc25)N(c2ccc(C(C)(C)C)cc2)c2ccc(C(C)(C)C)cc2[B]4)-c2cc(N(c4ccc(C(C)(C)C)cc4)c4ccc(C(C)(C)C)cc4)ccc2C3(C)C)cc1. The minimum Gasteiger partial charge on any atom is -0.455 e. The van der Waals surface area contributed by atoms with Crippen LogP contribution in [0.4, 0.5) is 45.5 Å². The van der Waals surface area contributed by atoms with Crippen LogP contribution < -0.4 is 26.0 Å². The summed E-state index contributed by atoms with van der Waals surface area (Å²) in [7, 11) is 2.45. The molecule has 12 rings (SSSR count). The van der Waals surface area contributed by atoms with E-state index < -0.39 is 0 Å². The minimum absolute atomic E-state index is 0.00629. The van der Waals surface area contributed by atoms with Gasteiger partial charge in [-0.2, -0.15) is 0 Å². The van der Waals surface area contributed by atoms with E-state index in [1.54, 1.807) is 0 Å².